The van der Waals surface area contributed by atoms with Gasteiger partial charge in [-0.1, -0.05) is 30.3 Å². The average molecular weight is 458 g/mol. The van der Waals surface area contributed by atoms with Gasteiger partial charge in [-0.25, -0.2) is 4.79 Å². The fourth-order valence-electron chi connectivity index (χ4n) is 3.60. The maximum Gasteiger partial charge on any atom is 0.330 e. The van der Waals surface area contributed by atoms with Crippen LogP contribution in [0.2, 0.25) is 0 Å². The number of hydrogen-bond donors (Lipinski definition) is 4. The van der Waals surface area contributed by atoms with Gasteiger partial charge in [-0.15, -0.1) is 0 Å². The number of benzene rings is 1. The molecule has 1 aromatic rings. The standard InChI is InChI=1S/C21H31N3O4S.ClH/c1-29-12-11-17(22)20(26)23-13-14-7-9-16(10-8-14)19(25)24-18(21(27)28)15-5-3-2-4-6-15;/h2-6,14,16-18H,7-13,22H2,1H3,(H,23,26)(H,24,25)(H,27,28);1H/t14?,16?,17-,18+;/m0./s1. The van der Waals surface area contributed by atoms with E-state index in [1.807, 2.05) is 12.3 Å². The van der Waals surface area contributed by atoms with Crippen molar-refractivity contribution >= 4 is 29.5 Å². The maximum atomic E-state index is 12.6. The number of carbonyl (C=O) groups is 3. The van der Waals surface area contributed by atoms with Crippen molar-refractivity contribution in [2.24, 2.45) is 11.8 Å². The van der Waals surface area contributed by atoms with E-state index in [9.17, 15) is 19.5 Å². The summed E-state index contributed by atoms with van der Waals surface area (Å²) in [5, 5.41) is 15.1. The number of carboxylic acid groups (broad SMARTS) is 1. The lowest BCUT2D eigenvalue weighted by Crippen LogP contribution is -3.00. The Morgan fingerprint density at radius 1 is 1.17 bits per heavy atom. The summed E-state index contributed by atoms with van der Waals surface area (Å²) in [6.45, 7) is 0.611. The third kappa shape index (κ3) is 8.16. The summed E-state index contributed by atoms with van der Waals surface area (Å²) >= 11 is 1.71. The van der Waals surface area contributed by atoms with Crippen LogP contribution < -0.4 is 28.8 Å². The van der Waals surface area contributed by atoms with Crippen LogP contribution in [0.3, 0.4) is 0 Å². The normalized spacial score (nSPS) is 20.3. The second kappa shape index (κ2) is 13.5. The highest BCUT2D eigenvalue weighted by Crippen LogP contribution is 2.29. The van der Waals surface area contributed by atoms with Gasteiger partial charge in [0.1, 0.15) is 0 Å². The monoisotopic (exact) mass is 457 g/mol. The van der Waals surface area contributed by atoms with Crippen molar-refractivity contribution in [3.63, 3.8) is 0 Å². The number of carboxylic acids is 1. The number of thioether (sulfide) groups is 1. The quantitative estimate of drug-likeness (QED) is 0.331. The minimum atomic E-state index is -1.06. The Balaban J connectivity index is 0.00000450. The van der Waals surface area contributed by atoms with E-state index >= 15 is 0 Å². The molecule has 7 nitrogen and oxygen atoms in total. The first-order valence-corrected chi connectivity index (χ1v) is 11.5. The molecule has 6 N–H and O–H groups in total. The van der Waals surface area contributed by atoms with Crippen molar-refractivity contribution in [1.29, 1.82) is 0 Å². The summed E-state index contributed by atoms with van der Waals surface area (Å²) in [7, 11) is 0. The fourth-order valence-corrected chi connectivity index (χ4v) is 4.12. The Bertz CT molecular complexity index is 684. The molecule has 1 aliphatic carbocycles. The lowest BCUT2D eigenvalue weighted by molar-refractivity contribution is -0.403. The summed E-state index contributed by atoms with van der Waals surface area (Å²) in [5.41, 5.74) is 4.48. The molecule has 0 radical (unpaired) electrons. The highest BCUT2D eigenvalue weighted by molar-refractivity contribution is 7.98. The zero-order chi connectivity index (χ0) is 21.2. The summed E-state index contributed by atoms with van der Waals surface area (Å²) in [5.74, 6) is -0.202. The highest BCUT2D eigenvalue weighted by atomic mass is 35.5. The first kappa shape index (κ1) is 26.3. The molecule has 0 bridgehead atoms. The van der Waals surface area contributed by atoms with Crippen LogP contribution >= 0.6 is 11.8 Å². The first-order valence-electron chi connectivity index (χ1n) is 10.1. The topological polar surface area (TPSA) is 123 Å². The minimum absolute atomic E-state index is 0. The molecule has 0 unspecified atom stereocenters. The smallest absolute Gasteiger partial charge is 0.330 e. The van der Waals surface area contributed by atoms with E-state index in [2.05, 4.69) is 16.4 Å². The fraction of sp³-hybridized carbons (Fsp3) is 0.571. The van der Waals surface area contributed by atoms with Gasteiger partial charge in [-0.3, -0.25) is 9.59 Å². The van der Waals surface area contributed by atoms with Gasteiger partial charge in [0.25, 0.3) is 5.91 Å². The van der Waals surface area contributed by atoms with Crippen LogP contribution in [0.15, 0.2) is 30.3 Å². The van der Waals surface area contributed by atoms with Gasteiger partial charge >= 0.3 is 5.97 Å². The Morgan fingerprint density at radius 3 is 2.37 bits per heavy atom. The second-order valence-corrected chi connectivity index (χ2v) is 8.62. The lowest BCUT2D eigenvalue weighted by Gasteiger charge is -2.29. The number of amides is 2. The number of carbonyl (C=O) groups excluding carboxylic acids is 2. The van der Waals surface area contributed by atoms with Crippen molar-refractivity contribution in [3.8, 4) is 0 Å². The van der Waals surface area contributed by atoms with Crippen molar-refractivity contribution < 1.29 is 37.6 Å². The van der Waals surface area contributed by atoms with E-state index < -0.39 is 12.0 Å². The largest absolute Gasteiger partial charge is 1.00 e. The van der Waals surface area contributed by atoms with E-state index in [1.165, 1.54) is 0 Å². The predicted octanol–water partition coefficient (Wildman–Crippen LogP) is -1.78. The molecule has 1 saturated carbocycles. The van der Waals surface area contributed by atoms with Crippen LogP contribution in [0.1, 0.15) is 43.7 Å². The second-order valence-electron chi connectivity index (χ2n) is 7.63. The molecule has 1 aliphatic rings. The van der Waals surface area contributed by atoms with Crippen LogP contribution in [-0.2, 0) is 14.4 Å². The van der Waals surface area contributed by atoms with Gasteiger partial charge in [0.15, 0.2) is 12.1 Å². The van der Waals surface area contributed by atoms with Crippen LogP contribution in [0.25, 0.3) is 0 Å². The summed E-state index contributed by atoms with van der Waals surface area (Å²) in [6.07, 6.45) is 5.87. The number of quaternary nitrogens is 1. The molecule has 30 heavy (non-hydrogen) atoms. The zero-order valence-electron chi connectivity index (χ0n) is 17.3. The molecule has 0 spiro atoms. The zero-order valence-corrected chi connectivity index (χ0v) is 18.9. The van der Waals surface area contributed by atoms with Crippen LogP contribution in [0, 0.1) is 11.8 Å². The Kier molecular flexibility index (Phi) is 11.8. The molecule has 2 atom stereocenters. The van der Waals surface area contributed by atoms with Crippen molar-refractivity contribution in [2.45, 2.75) is 44.2 Å². The van der Waals surface area contributed by atoms with Crippen LogP contribution in [0.5, 0.6) is 0 Å². The van der Waals surface area contributed by atoms with E-state index in [1.54, 1.807) is 36.0 Å². The molecule has 168 valence electrons. The number of aliphatic carboxylic acids is 1. The molecule has 0 saturated heterocycles. The molecular formula is C21H32ClN3O4S. The third-order valence-electron chi connectivity index (χ3n) is 5.49. The molecule has 1 aromatic carbocycles. The molecule has 2 rings (SSSR count). The van der Waals surface area contributed by atoms with E-state index in [0.717, 1.165) is 25.0 Å². The molecule has 0 aromatic heterocycles. The van der Waals surface area contributed by atoms with E-state index in [-0.39, 0.29) is 36.2 Å². The Morgan fingerprint density at radius 2 is 1.80 bits per heavy atom. The van der Waals surface area contributed by atoms with Crippen molar-refractivity contribution in [3.05, 3.63) is 35.9 Å². The van der Waals surface area contributed by atoms with Gasteiger partial charge in [-0.05, 0) is 49.2 Å². The van der Waals surface area contributed by atoms with Gasteiger partial charge in [-0.2, -0.15) is 11.8 Å². The van der Waals surface area contributed by atoms with E-state index in [4.69, 9.17) is 0 Å². The summed E-state index contributed by atoms with van der Waals surface area (Å²) in [6, 6.07) is 7.47. The number of nitrogens with one attached hydrogen (secondary N) is 2. The van der Waals surface area contributed by atoms with Gasteiger partial charge in [0.05, 0.1) is 0 Å². The molecule has 1 fully saturated rings. The van der Waals surface area contributed by atoms with Crippen LogP contribution in [-0.4, -0.2) is 47.5 Å². The lowest BCUT2D eigenvalue weighted by atomic mass is 9.81. The molecule has 0 heterocycles. The van der Waals surface area contributed by atoms with Crippen molar-refractivity contribution in [1.82, 2.24) is 10.6 Å². The van der Waals surface area contributed by atoms with E-state index in [0.29, 0.717) is 30.9 Å². The summed E-state index contributed by atoms with van der Waals surface area (Å²) in [4.78, 5) is 36.3. The van der Waals surface area contributed by atoms with Gasteiger partial charge in [0.2, 0.25) is 5.91 Å². The third-order valence-corrected chi connectivity index (χ3v) is 6.13. The molecule has 9 heteroatoms. The van der Waals surface area contributed by atoms with Gasteiger partial charge < -0.3 is 33.9 Å². The Labute approximate surface area is 188 Å². The molecular weight excluding hydrogens is 426 g/mol. The van der Waals surface area contributed by atoms with Crippen molar-refractivity contribution in [2.75, 3.05) is 18.6 Å². The highest BCUT2D eigenvalue weighted by Gasteiger charge is 2.30. The van der Waals surface area contributed by atoms with Crippen LogP contribution in [0.4, 0.5) is 0 Å². The number of halogens is 1. The maximum absolute atomic E-state index is 12.6. The molecule has 0 aliphatic heterocycles. The predicted molar refractivity (Wildman–Crippen MR) is 113 cm³/mol. The molecule has 2 amide bonds. The first-order chi connectivity index (χ1) is 13.9. The summed E-state index contributed by atoms with van der Waals surface area (Å²) < 4.78 is 0. The van der Waals surface area contributed by atoms with Gasteiger partial charge in [0, 0.05) is 18.9 Å². The SMILES string of the molecule is CSCC[C@H]([NH3+])C(=O)NCC1CCC(C(=O)N[C@@H](C(=O)O)c2ccccc2)CC1.[Cl-]. The average Bonchev–Trinajstić information content (AvgIpc) is 2.74. The minimum Gasteiger partial charge on any atom is -1.00 e. The number of rotatable bonds is 10. The Hall–Kier alpha value is -1.77. The number of hydrogen-bond acceptors (Lipinski definition) is 4.